The molecule has 0 aliphatic carbocycles. The number of likely N-dealkylation sites (tertiary alicyclic amines) is 1. The van der Waals surface area contributed by atoms with Gasteiger partial charge in [-0.3, -0.25) is 9.59 Å². The van der Waals surface area contributed by atoms with Crippen molar-refractivity contribution in [2.75, 3.05) is 37.6 Å². The van der Waals surface area contributed by atoms with Crippen LogP contribution in [-0.4, -0.2) is 55.4 Å². The first-order valence-corrected chi connectivity index (χ1v) is 9.86. The molecule has 2 N–H and O–H groups in total. The van der Waals surface area contributed by atoms with Crippen LogP contribution in [0.1, 0.15) is 38.2 Å². The zero-order chi connectivity index (χ0) is 19.1. The number of halogens is 1. The fourth-order valence-electron chi connectivity index (χ4n) is 3.45. The normalized spacial score (nSPS) is 16.9. The van der Waals surface area contributed by atoms with Crippen LogP contribution in [0.4, 0.5) is 5.69 Å². The molecule has 28 heavy (non-hydrogen) atoms. The fraction of sp³-hybridized carbons (Fsp3) is 0.550. The van der Waals surface area contributed by atoms with Gasteiger partial charge in [-0.05, 0) is 43.9 Å². The molecule has 0 aromatic heterocycles. The number of rotatable bonds is 6. The van der Waals surface area contributed by atoms with E-state index in [9.17, 15) is 9.59 Å². The molecule has 2 saturated heterocycles. The molecule has 2 aliphatic heterocycles. The molecule has 2 fully saturated rings. The number of nitrogens with zero attached hydrogens (tertiary/aromatic N) is 3. The van der Waals surface area contributed by atoms with Gasteiger partial charge in [0.05, 0.1) is 13.1 Å². The number of hydrogen-bond donors (Lipinski definition) is 2. The summed E-state index contributed by atoms with van der Waals surface area (Å²) in [5.74, 6) is 0.962. The van der Waals surface area contributed by atoms with E-state index >= 15 is 0 Å². The van der Waals surface area contributed by atoms with Gasteiger partial charge < -0.3 is 20.4 Å². The Morgan fingerprint density at radius 1 is 1.07 bits per heavy atom. The molecule has 1 aromatic carbocycles. The minimum atomic E-state index is 0. The highest BCUT2D eigenvalue weighted by molar-refractivity contribution is 14.0. The van der Waals surface area contributed by atoms with E-state index in [4.69, 9.17) is 0 Å². The fourth-order valence-corrected chi connectivity index (χ4v) is 3.45. The number of guanidine groups is 1. The van der Waals surface area contributed by atoms with Gasteiger partial charge in [0, 0.05) is 38.3 Å². The smallest absolute Gasteiger partial charge is 0.241 e. The summed E-state index contributed by atoms with van der Waals surface area (Å²) in [4.78, 5) is 32.3. The summed E-state index contributed by atoms with van der Waals surface area (Å²) in [7, 11) is 0. The lowest BCUT2D eigenvalue weighted by Gasteiger charge is -2.17. The van der Waals surface area contributed by atoms with E-state index in [2.05, 4.69) is 15.6 Å². The van der Waals surface area contributed by atoms with Crippen molar-refractivity contribution >= 4 is 47.4 Å². The van der Waals surface area contributed by atoms with Gasteiger partial charge in [-0.1, -0.05) is 12.1 Å². The Morgan fingerprint density at radius 2 is 1.79 bits per heavy atom. The Kier molecular flexibility index (Phi) is 9.01. The van der Waals surface area contributed by atoms with Crippen LogP contribution in [-0.2, 0) is 16.1 Å². The highest BCUT2D eigenvalue weighted by Crippen LogP contribution is 2.21. The second-order valence-electron chi connectivity index (χ2n) is 6.95. The summed E-state index contributed by atoms with van der Waals surface area (Å²) >= 11 is 0. The maximum atomic E-state index is 12.2. The molecule has 2 heterocycles. The molecule has 3 rings (SSSR count). The monoisotopic (exact) mass is 499 g/mol. The van der Waals surface area contributed by atoms with Crippen LogP contribution >= 0.6 is 24.0 Å². The summed E-state index contributed by atoms with van der Waals surface area (Å²) in [5.41, 5.74) is 2.01. The molecule has 1 aromatic rings. The van der Waals surface area contributed by atoms with Gasteiger partial charge in [0.15, 0.2) is 5.96 Å². The van der Waals surface area contributed by atoms with Gasteiger partial charge in [-0.25, -0.2) is 4.99 Å². The molecule has 0 unspecified atom stereocenters. The van der Waals surface area contributed by atoms with Crippen molar-refractivity contribution in [3.8, 4) is 0 Å². The van der Waals surface area contributed by atoms with Crippen LogP contribution in [0, 0.1) is 0 Å². The van der Waals surface area contributed by atoms with E-state index in [1.165, 1.54) is 0 Å². The largest absolute Gasteiger partial charge is 0.357 e. The number of amides is 2. The predicted octanol–water partition coefficient (Wildman–Crippen LogP) is 2.11. The van der Waals surface area contributed by atoms with Crippen LogP contribution in [0.25, 0.3) is 0 Å². The average Bonchev–Trinajstić information content (AvgIpc) is 3.36. The number of carbonyl (C=O) groups excluding carboxylic acids is 2. The number of anilines is 1. The van der Waals surface area contributed by atoms with Crippen LogP contribution in [0.3, 0.4) is 0 Å². The average molecular weight is 499 g/mol. The quantitative estimate of drug-likeness (QED) is 0.357. The lowest BCUT2D eigenvalue weighted by atomic mass is 10.2. The summed E-state index contributed by atoms with van der Waals surface area (Å²) in [5, 5.41) is 6.30. The van der Waals surface area contributed by atoms with Crippen LogP contribution < -0.4 is 15.5 Å². The van der Waals surface area contributed by atoms with E-state index in [1.807, 2.05) is 41.0 Å². The number of benzene rings is 1. The second-order valence-corrected chi connectivity index (χ2v) is 6.95. The first kappa shape index (κ1) is 22.4. The highest BCUT2D eigenvalue weighted by Gasteiger charge is 2.21. The third-order valence-corrected chi connectivity index (χ3v) is 4.95. The van der Waals surface area contributed by atoms with E-state index in [-0.39, 0.29) is 42.3 Å². The minimum Gasteiger partial charge on any atom is -0.357 e. The van der Waals surface area contributed by atoms with Crippen molar-refractivity contribution < 1.29 is 9.59 Å². The van der Waals surface area contributed by atoms with Crippen LogP contribution in [0.15, 0.2) is 29.3 Å². The Bertz CT molecular complexity index is 686. The molecule has 2 amide bonds. The molecule has 0 saturated carbocycles. The van der Waals surface area contributed by atoms with Crippen LogP contribution in [0.2, 0.25) is 0 Å². The first-order chi connectivity index (χ1) is 13.2. The Hall–Kier alpha value is -1.84. The number of nitrogens with one attached hydrogen (secondary N) is 2. The summed E-state index contributed by atoms with van der Waals surface area (Å²) in [6, 6.07) is 7.96. The number of carbonyl (C=O) groups is 2. The zero-order valence-corrected chi connectivity index (χ0v) is 18.8. The van der Waals surface area contributed by atoms with Gasteiger partial charge in [0.2, 0.25) is 11.8 Å². The van der Waals surface area contributed by atoms with Crippen molar-refractivity contribution in [3.63, 3.8) is 0 Å². The Labute approximate surface area is 184 Å². The van der Waals surface area contributed by atoms with Gasteiger partial charge in [-0.15, -0.1) is 24.0 Å². The molecule has 2 aliphatic rings. The molecule has 154 valence electrons. The molecular weight excluding hydrogens is 469 g/mol. The maximum Gasteiger partial charge on any atom is 0.241 e. The topological polar surface area (TPSA) is 77.0 Å². The molecule has 0 atom stereocenters. The van der Waals surface area contributed by atoms with Crippen LogP contribution in [0.5, 0.6) is 0 Å². The van der Waals surface area contributed by atoms with Crippen molar-refractivity contribution in [1.82, 2.24) is 15.5 Å². The summed E-state index contributed by atoms with van der Waals surface area (Å²) in [6.07, 6.45) is 3.76. The Balaban J connectivity index is 0.00000280. The zero-order valence-electron chi connectivity index (χ0n) is 16.4. The molecule has 0 bridgehead atoms. The molecule has 8 heteroatoms. The highest BCUT2D eigenvalue weighted by atomic mass is 127. The molecule has 0 radical (unpaired) electrons. The van der Waals surface area contributed by atoms with E-state index < -0.39 is 0 Å². The molecular formula is C20H30IN5O2. The number of aliphatic imine (C=N–C) groups is 1. The summed E-state index contributed by atoms with van der Waals surface area (Å²) < 4.78 is 0. The minimum absolute atomic E-state index is 0. The maximum absolute atomic E-state index is 12.2. The molecule has 7 nitrogen and oxygen atoms in total. The van der Waals surface area contributed by atoms with Crippen molar-refractivity contribution in [2.45, 2.75) is 39.2 Å². The lowest BCUT2D eigenvalue weighted by Crippen LogP contribution is -2.44. The van der Waals surface area contributed by atoms with Crippen molar-refractivity contribution in [3.05, 3.63) is 29.8 Å². The van der Waals surface area contributed by atoms with E-state index in [0.717, 1.165) is 56.7 Å². The lowest BCUT2D eigenvalue weighted by molar-refractivity contribution is -0.128. The van der Waals surface area contributed by atoms with Crippen molar-refractivity contribution in [2.24, 2.45) is 4.99 Å². The van der Waals surface area contributed by atoms with Gasteiger partial charge >= 0.3 is 0 Å². The van der Waals surface area contributed by atoms with Gasteiger partial charge in [-0.2, -0.15) is 0 Å². The summed E-state index contributed by atoms with van der Waals surface area (Å²) in [6.45, 7) is 6.04. The van der Waals surface area contributed by atoms with Crippen molar-refractivity contribution in [1.29, 1.82) is 0 Å². The first-order valence-electron chi connectivity index (χ1n) is 9.86. The Morgan fingerprint density at radius 3 is 2.39 bits per heavy atom. The second kappa shape index (κ2) is 11.2. The number of hydrogen-bond acceptors (Lipinski definition) is 3. The SMILES string of the molecule is CCNC(=NCc1ccc(N2CCCC2=O)cc1)NCC(=O)N1CCCC1.I. The third-order valence-electron chi connectivity index (χ3n) is 4.95. The third kappa shape index (κ3) is 6.08. The van der Waals surface area contributed by atoms with Gasteiger partial charge in [0.25, 0.3) is 0 Å². The van der Waals surface area contributed by atoms with E-state index in [0.29, 0.717) is 18.9 Å². The standard InChI is InChI=1S/C20H29N5O2.HI/c1-2-21-20(23-15-19(27)24-11-3-4-12-24)22-14-16-7-9-17(10-8-16)25-13-5-6-18(25)26;/h7-10H,2-6,11-15H2,1H3,(H2,21,22,23);1H. The van der Waals surface area contributed by atoms with E-state index in [1.54, 1.807) is 0 Å². The van der Waals surface area contributed by atoms with Gasteiger partial charge in [0.1, 0.15) is 0 Å². The predicted molar refractivity (Wildman–Crippen MR) is 122 cm³/mol. The molecule has 0 spiro atoms.